The maximum atomic E-state index is 13.3. The van der Waals surface area contributed by atoms with Crippen molar-refractivity contribution in [1.82, 2.24) is 4.90 Å². The molecule has 1 aliphatic rings. The SMILES string of the molecule is CCOC(=O)C1CCCN1C(=O)c1cc(F)ccc1N. The Morgan fingerprint density at radius 2 is 2.25 bits per heavy atom. The summed E-state index contributed by atoms with van der Waals surface area (Å²) in [7, 11) is 0. The number of esters is 1. The molecule has 6 heteroatoms. The first kappa shape index (κ1) is 14.3. The first-order chi connectivity index (χ1) is 9.54. The molecule has 108 valence electrons. The normalized spacial score (nSPS) is 18.1. The molecule has 5 nitrogen and oxygen atoms in total. The Balaban J connectivity index is 2.23. The molecule has 2 rings (SSSR count). The molecule has 0 radical (unpaired) electrons. The van der Waals surface area contributed by atoms with Gasteiger partial charge in [0.25, 0.3) is 5.91 Å². The molecule has 1 saturated heterocycles. The van der Waals surface area contributed by atoms with Crippen LogP contribution < -0.4 is 5.73 Å². The molecular formula is C14H17FN2O3. The number of benzene rings is 1. The highest BCUT2D eigenvalue weighted by molar-refractivity contribution is 6.01. The van der Waals surface area contributed by atoms with E-state index in [2.05, 4.69) is 0 Å². The number of likely N-dealkylation sites (tertiary alicyclic amines) is 1. The number of nitrogen functional groups attached to an aromatic ring is 1. The Hall–Kier alpha value is -2.11. The summed E-state index contributed by atoms with van der Waals surface area (Å²) in [5.74, 6) is -1.39. The van der Waals surface area contributed by atoms with Gasteiger partial charge in [-0.05, 0) is 38.0 Å². The van der Waals surface area contributed by atoms with Gasteiger partial charge in [0, 0.05) is 12.2 Å². The van der Waals surface area contributed by atoms with Crippen LogP contribution >= 0.6 is 0 Å². The fourth-order valence-electron chi connectivity index (χ4n) is 2.36. The van der Waals surface area contributed by atoms with Gasteiger partial charge in [-0.15, -0.1) is 0 Å². The van der Waals surface area contributed by atoms with E-state index >= 15 is 0 Å². The first-order valence-corrected chi connectivity index (χ1v) is 6.57. The highest BCUT2D eigenvalue weighted by atomic mass is 19.1. The second-order valence-corrected chi connectivity index (χ2v) is 4.64. The van der Waals surface area contributed by atoms with Crippen molar-refractivity contribution in [2.75, 3.05) is 18.9 Å². The van der Waals surface area contributed by atoms with Crippen molar-refractivity contribution < 1.29 is 18.7 Å². The van der Waals surface area contributed by atoms with Crippen LogP contribution in [0.2, 0.25) is 0 Å². The Morgan fingerprint density at radius 1 is 1.50 bits per heavy atom. The summed E-state index contributed by atoms with van der Waals surface area (Å²) >= 11 is 0. The number of nitrogens with zero attached hydrogens (tertiary/aromatic N) is 1. The van der Waals surface area contributed by atoms with Crippen molar-refractivity contribution in [3.05, 3.63) is 29.6 Å². The topological polar surface area (TPSA) is 72.6 Å². The van der Waals surface area contributed by atoms with Crippen LogP contribution in [0.4, 0.5) is 10.1 Å². The van der Waals surface area contributed by atoms with Crippen molar-refractivity contribution in [3.63, 3.8) is 0 Å². The average Bonchev–Trinajstić information content (AvgIpc) is 2.90. The van der Waals surface area contributed by atoms with E-state index in [1.54, 1.807) is 6.92 Å². The Morgan fingerprint density at radius 3 is 2.95 bits per heavy atom. The molecule has 1 atom stereocenters. The highest BCUT2D eigenvalue weighted by Gasteiger charge is 2.36. The number of ether oxygens (including phenoxy) is 1. The standard InChI is InChI=1S/C14H17FN2O3/c1-2-20-14(19)12-4-3-7-17(12)13(18)10-8-9(15)5-6-11(10)16/h5-6,8,12H,2-4,7,16H2,1H3. The summed E-state index contributed by atoms with van der Waals surface area (Å²) in [4.78, 5) is 25.6. The van der Waals surface area contributed by atoms with E-state index in [0.717, 1.165) is 6.07 Å². The lowest BCUT2D eigenvalue weighted by Crippen LogP contribution is -2.41. The smallest absolute Gasteiger partial charge is 0.328 e. The quantitative estimate of drug-likeness (QED) is 0.674. The van der Waals surface area contributed by atoms with Crippen molar-refractivity contribution in [1.29, 1.82) is 0 Å². The van der Waals surface area contributed by atoms with Gasteiger partial charge in [-0.3, -0.25) is 4.79 Å². The summed E-state index contributed by atoms with van der Waals surface area (Å²) in [5, 5.41) is 0. The number of hydrogen-bond acceptors (Lipinski definition) is 4. The van der Waals surface area contributed by atoms with E-state index in [-0.39, 0.29) is 17.9 Å². The number of carbonyl (C=O) groups is 2. The third-order valence-corrected chi connectivity index (χ3v) is 3.32. The van der Waals surface area contributed by atoms with Gasteiger partial charge in [-0.1, -0.05) is 0 Å². The number of carbonyl (C=O) groups excluding carboxylic acids is 2. The molecular weight excluding hydrogens is 263 g/mol. The number of nitrogens with two attached hydrogens (primary N) is 1. The second-order valence-electron chi connectivity index (χ2n) is 4.64. The van der Waals surface area contributed by atoms with Gasteiger partial charge in [-0.25, -0.2) is 9.18 Å². The fraction of sp³-hybridized carbons (Fsp3) is 0.429. The van der Waals surface area contributed by atoms with Crippen LogP contribution in [-0.4, -0.2) is 36.0 Å². The van der Waals surface area contributed by atoms with E-state index in [1.165, 1.54) is 17.0 Å². The zero-order valence-electron chi connectivity index (χ0n) is 11.3. The molecule has 2 N–H and O–H groups in total. The summed E-state index contributed by atoms with van der Waals surface area (Å²) in [5.41, 5.74) is 5.99. The van der Waals surface area contributed by atoms with Crippen LogP contribution in [-0.2, 0) is 9.53 Å². The predicted octanol–water partition coefficient (Wildman–Crippen LogP) is 1.58. The molecule has 0 saturated carbocycles. The third kappa shape index (κ3) is 2.74. The van der Waals surface area contributed by atoms with E-state index in [0.29, 0.717) is 19.4 Å². The van der Waals surface area contributed by atoms with Gasteiger partial charge < -0.3 is 15.4 Å². The molecule has 0 aliphatic carbocycles. The largest absolute Gasteiger partial charge is 0.464 e. The molecule has 0 aromatic heterocycles. The number of anilines is 1. The maximum Gasteiger partial charge on any atom is 0.328 e. The summed E-state index contributed by atoms with van der Waals surface area (Å²) in [6, 6.07) is 3.03. The van der Waals surface area contributed by atoms with Crippen molar-refractivity contribution >= 4 is 17.6 Å². The van der Waals surface area contributed by atoms with E-state index in [9.17, 15) is 14.0 Å². The molecule has 0 spiro atoms. The summed E-state index contributed by atoms with van der Waals surface area (Å²) in [6.07, 6.45) is 1.27. The highest BCUT2D eigenvalue weighted by Crippen LogP contribution is 2.24. The molecule has 1 amide bonds. The van der Waals surface area contributed by atoms with Gasteiger partial charge in [-0.2, -0.15) is 0 Å². The lowest BCUT2D eigenvalue weighted by molar-refractivity contribution is -0.147. The summed E-state index contributed by atoms with van der Waals surface area (Å²) in [6.45, 7) is 2.42. The number of hydrogen-bond donors (Lipinski definition) is 1. The Bertz CT molecular complexity index is 533. The average molecular weight is 280 g/mol. The zero-order valence-corrected chi connectivity index (χ0v) is 11.3. The molecule has 20 heavy (non-hydrogen) atoms. The first-order valence-electron chi connectivity index (χ1n) is 6.57. The van der Waals surface area contributed by atoms with E-state index < -0.39 is 23.7 Å². The zero-order chi connectivity index (χ0) is 14.7. The van der Waals surface area contributed by atoms with E-state index in [4.69, 9.17) is 10.5 Å². The second kappa shape index (κ2) is 5.90. The molecule has 1 unspecified atom stereocenters. The number of rotatable bonds is 3. The van der Waals surface area contributed by atoms with Crippen LogP contribution in [0.5, 0.6) is 0 Å². The van der Waals surface area contributed by atoms with Gasteiger partial charge in [0.1, 0.15) is 11.9 Å². The van der Waals surface area contributed by atoms with Crippen LogP contribution in [0.3, 0.4) is 0 Å². The Labute approximate surface area is 116 Å². The van der Waals surface area contributed by atoms with Crippen LogP contribution in [0.1, 0.15) is 30.1 Å². The third-order valence-electron chi connectivity index (χ3n) is 3.32. The van der Waals surface area contributed by atoms with E-state index in [1.807, 2.05) is 0 Å². The van der Waals surface area contributed by atoms with Crippen molar-refractivity contribution in [2.45, 2.75) is 25.8 Å². The Kier molecular flexibility index (Phi) is 4.22. The minimum atomic E-state index is -0.606. The molecule has 1 aromatic carbocycles. The minimum absolute atomic E-state index is 0.0844. The van der Waals surface area contributed by atoms with Crippen molar-refractivity contribution in [3.8, 4) is 0 Å². The van der Waals surface area contributed by atoms with Gasteiger partial charge >= 0.3 is 5.97 Å². The molecule has 1 aromatic rings. The lowest BCUT2D eigenvalue weighted by atomic mass is 10.1. The van der Waals surface area contributed by atoms with Crippen LogP contribution in [0.15, 0.2) is 18.2 Å². The molecule has 1 fully saturated rings. The summed E-state index contributed by atoms with van der Waals surface area (Å²) < 4.78 is 18.2. The lowest BCUT2D eigenvalue weighted by Gasteiger charge is -2.23. The van der Waals surface area contributed by atoms with Crippen molar-refractivity contribution in [2.24, 2.45) is 0 Å². The molecule has 1 aliphatic heterocycles. The fourth-order valence-corrected chi connectivity index (χ4v) is 2.36. The molecule has 0 bridgehead atoms. The van der Waals surface area contributed by atoms with Crippen LogP contribution in [0.25, 0.3) is 0 Å². The number of halogens is 1. The minimum Gasteiger partial charge on any atom is -0.464 e. The maximum absolute atomic E-state index is 13.3. The predicted molar refractivity (Wildman–Crippen MR) is 71.5 cm³/mol. The van der Waals surface area contributed by atoms with Gasteiger partial charge in [0.05, 0.1) is 12.2 Å². The number of amides is 1. The monoisotopic (exact) mass is 280 g/mol. The van der Waals surface area contributed by atoms with Crippen LogP contribution in [0, 0.1) is 5.82 Å². The van der Waals surface area contributed by atoms with Gasteiger partial charge in [0.15, 0.2) is 0 Å². The molecule has 1 heterocycles. The van der Waals surface area contributed by atoms with Gasteiger partial charge in [0.2, 0.25) is 0 Å².